The Labute approximate surface area is 179 Å². The highest BCUT2D eigenvalue weighted by Gasteiger charge is 2.27. The molecule has 9 heteroatoms. The van der Waals surface area contributed by atoms with Gasteiger partial charge in [-0.2, -0.15) is 0 Å². The lowest BCUT2D eigenvalue weighted by molar-refractivity contribution is -0.124. The summed E-state index contributed by atoms with van der Waals surface area (Å²) >= 11 is 1.44. The Morgan fingerprint density at radius 3 is 2.90 bits per heavy atom. The first-order chi connectivity index (χ1) is 14.6. The van der Waals surface area contributed by atoms with Crippen molar-refractivity contribution in [2.75, 3.05) is 32.1 Å². The molecule has 0 spiro atoms. The van der Waals surface area contributed by atoms with Gasteiger partial charge in [-0.05, 0) is 37.0 Å². The molecule has 0 saturated carbocycles. The third-order valence-corrected chi connectivity index (χ3v) is 6.32. The van der Waals surface area contributed by atoms with Crippen LogP contribution in [0.15, 0.2) is 24.3 Å². The van der Waals surface area contributed by atoms with Gasteiger partial charge in [0.2, 0.25) is 0 Å². The van der Waals surface area contributed by atoms with Crippen LogP contribution in [0.3, 0.4) is 0 Å². The minimum atomic E-state index is -0.376. The molecule has 0 aliphatic carbocycles. The van der Waals surface area contributed by atoms with Crippen LogP contribution in [0, 0.1) is 0 Å². The van der Waals surface area contributed by atoms with Crippen molar-refractivity contribution in [1.29, 1.82) is 0 Å². The monoisotopic (exact) mass is 430 g/mol. The Hall–Kier alpha value is -2.65. The number of anilines is 1. The Morgan fingerprint density at radius 1 is 1.33 bits per heavy atom. The minimum absolute atomic E-state index is 0.0764. The average molecular weight is 431 g/mol. The first kappa shape index (κ1) is 20.6. The van der Waals surface area contributed by atoms with E-state index < -0.39 is 0 Å². The molecule has 2 N–H and O–H groups in total. The van der Waals surface area contributed by atoms with Crippen LogP contribution < -0.4 is 15.4 Å². The lowest BCUT2D eigenvalue weighted by Gasteiger charge is -2.26. The standard InChI is InChI=1S/C21H26N4O4S/c1-28-15-6-4-14(5-7-15)8-10-22-21(27)25-11-9-16-18(13-25)30-20(23-16)24-19(26)17-3-2-12-29-17/h4-7,17H,2-3,8-13H2,1H3,(H,22,27)(H,23,24,26). The summed E-state index contributed by atoms with van der Waals surface area (Å²) in [6.07, 6.45) is 2.73. The molecule has 3 amide bonds. The van der Waals surface area contributed by atoms with E-state index in [2.05, 4.69) is 15.6 Å². The number of amides is 3. The highest BCUT2D eigenvalue weighted by molar-refractivity contribution is 7.15. The van der Waals surface area contributed by atoms with Crippen molar-refractivity contribution in [3.05, 3.63) is 40.4 Å². The van der Waals surface area contributed by atoms with E-state index >= 15 is 0 Å². The number of rotatable bonds is 6. The van der Waals surface area contributed by atoms with Gasteiger partial charge in [0.1, 0.15) is 11.9 Å². The highest BCUT2D eigenvalue weighted by atomic mass is 32.1. The van der Waals surface area contributed by atoms with Crippen LogP contribution in [0.2, 0.25) is 0 Å². The van der Waals surface area contributed by atoms with Crippen LogP contribution in [0.1, 0.15) is 29.0 Å². The van der Waals surface area contributed by atoms with Gasteiger partial charge in [-0.15, -0.1) is 0 Å². The molecule has 1 saturated heterocycles. The maximum Gasteiger partial charge on any atom is 0.317 e. The molecular formula is C21H26N4O4S. The lowest BCUT2D eigenvalue weighted by atomic mass is 10.1. The van der Waals surface area contributed by atoms with Gasteiger partial charge < -0.3 is 19.7 Å². The number of urea groups is 1. The molecule has 1 fully saturated rings. The third-order valence-electron chi connectivity index (χ3n) is 5.32. The third kappa shape index (κ3) is 4.91. The molecule has 1 atom stereocenters. The van der Waals surface area contributed by atoms with Gasteiger partial charge in [-0.3, -0.25) is 10.1 Å². The summed E-state index contributed by atoms with van der Waals surface area (Å²) in [4.78, 5) is 32.1. The molecule has 30 heavy (non-hydrogen) atoms. The van der Waals surface area contributed by atoms with E-state index in [4.69, 9.17) is 9.47 Å². The molecule has 3 heterocycles. The summed E-state index contributed by atoms with van der Waals surface area (Å²) in [7, 11) is 1.64. The number of benzene rings is 1. The number of hydrogen-bond donors (Lipinski definition) is 2. The average Bonchev–Trinajstić information content (AvgIpc) is 3.43. The summed E-state index contributed by atoms with van der Waals surface area (Å²) in [6, 6.07) is 7.77. The molecule has 1 unspecified atom stereocenters. The van der Waals surface area contributed by atoms with Crippen LogP contribution in [-0.2, 0) is 28.9 Å². The fraction of sp³-hybridized carbons (Fsp3) is 0.476. The Balaban J connectivity index is 1.26. The van der Waals surface area contributed by atoms with Gasteiger partial charge in [-0.25, -0.2) is 9.78 Å². The highest BCUT2D eigenvalue weighted by Crippen LogP contribution is 2.29. The predicted molar refractivity (Wildman–Crippen MR) is 114 cm³/mol. The number of methoxy groups -OCH3 is 1. The number of fused-ring (bicyclic) bond motifs is 1. The maximum absolute atomic E-state index is 12.5. The molecule has 0 bridgehead atoms. The number of carbonyl (C=O) groups excluding carboxylic acids is 2. The molecule has 0 radical (unpaired) electrons. The fourth-order valence-electron chi connectivity index (χ4n) is 3.61. The van der Waals surface area contributed by atoms with Crippen LogP contribution >= 0.6 is 11.3 Å². The second-order valence-electron chi connectivity index (χ2n) is 7.38. The van der Waals surface area contributed by atoms with Crippen molar-refractivity contribution in [3.63, 3.8) is 0 Å². The van der Waals surface area contributed by atoms with Gasteiger partial charge >= 0.3 is 6.03 Å². The zero-order valence-electron chi connectivity index (χ0n) is 17.0. The number of ether oxygens (including phenoxy) is 2. The lowest BCUT2D eigenvalue weighted by Crippen LogP contribution is -2.43. The van der Waals surface area contributed by atoms with Crippen molar-refractivity contribution in [2.45, 2.75) is 38.3 Å². The van der Waals surface area contributed by atoms with E-state index in [1.54, 1.807) is 12.0 Å². The fourth-order valence-corrected chi connectivity index (χ4v) is 4.64. The van der Waals surface area contributed by atoms with Crippen LogP contribution in [0.25, 0.3) is 0 Å². The molecular weight excluding hydrogens is 404 g/mol. The van der Waals surface area contributed by atoms with Gasteiger partial charge in [0.25, 0.3) is 5.91 Å². The van der Waals surface area contributed by atoms with Crippen molar-refractivity contribution in [3.8, 4) is 5.75 Å². The Bertz CT molecular complexity index is 893. The van der Waals surface area contributed by atoms with Crippen LogP contribution in [0.5, 0.6) is 5.75 Å². The van der Waals surface area contributed by atoms with Crippen molar-refractivity contribution >= 4 is 28.4 Å². The molecule has 2 aromatic rings. The number of carbonyl (C=O) groups is 2. The molecule has 1 aromatic carbocycles. The number of thiazole rings is 1. The number of nitrogens with zero attached hydrogens (tertiary/aromatic N) is 2. The Kier molecular flexibility index (Phi) is 6.49. The minimum Gasteiger partial charge on any atom is -0.497 e. The zero-order chi connectivity index (χ0) is 20.9. The Morgan fingerprint density at radius 2 is 2.17 bits per heavy atom. The van der Waals surface area contributed by atoms with E-state index in [0.29, 0.717) is 37.8 Å². The van der Waals surface area contributed by atoms with Gasteiger partial charge in [0.05, 0.1) is 19.3 Å². The molecule has 1 aromatic heterocycles. The van der Waals surface area contributed by atoms with Gasteiger partial charge in [0.15, 0.2) is 5.13 Å². The van der Waals surface area contributed by atoms with E-state index in [9.17, 15) is 9.59 Å². The van der Waals surface area contributed by atoms with E-state index in [-0.39, 0.29) is 18.0 Å². The van der Waals surface area contributed by atoms with Crippen LogP contribution in [0.4, 0.5) is 9.93 Å². The second kappa shape index (κ2) is 9.44. The van der Waals surface area contributed by atoms with Crippen LogP contribution in [-0.4, -0.2) is 54.7 Å². The first-order valence-electron chi connectivity index (χ1n) is 10.2. The van der Waals surface area contributed by atoms with Gasteiger partial charge in [-0.1, -0.05) is 23.5 Å². The number of nitrogens with one attached hydrogen (secondary N) is 2. The summed E-state index contributed by atoms with van der Waals surface area (Å²) < 4.78 is 10.6. The molecule has 2 aliphatic rings. The molecule has 160 valence electrons. The largest absolute Gasteiger partial charge is 0.497 e. The summed E-state index contributed by atoms with van der Waals surface area (Å²) in [5.74, 6) is 0.689. The molecule has 4 rings (SSSR count). The van der Waals surface area contributed by atoms with E-state index in [1.807, 2.05) is 24.3 Å². The van der Waals surface area contributed by atoms with Gasteiger partial charge in [0, 0.05) is 31.0 Å². The molecule has 8 nitrogen and oxygen atoms in total. The normalized spacial score (nSPS) is 18.0. The quantitative estimate of drug-likeness (QED) is 0.735. The molecule has 2 aliphatic heterocycles. The summed E-state index contributed by atoms with van der Waals surface area (Å²) in [5, 5.41) is 6.44. The number of aromatic nitrogens is 1. The smallest absolute Gasteiger partial charge is 0.317 e. The summed E-state index contributed by atoms with van der Waals surface area (Å²) in [6.45, 7) is 2.33. The van der Waals surface area contributed by atoms with E-state index in [0.717, 1.165) is 41.1 Å². The topological polar surface area (TPSA) is 92.8 Å². The SMILES string of the molecule is COc1ccc(CCNC(=O)N2CCc3nc(NC(=O)C4CCCO4)sc3C2)cc1. The van der Waals surface area contributed by atoms with E-state index in [1.165, 1.54) is 11.3 Å². The zero-order valence-corrected chi connectivity index (χ0v) is 17.8. The van der Waals surface area contributed by atoms with Crippen molar-refractivity contribution in [2.24, 2.45) is 0 Å². The summed E-state index contributed by atoms with van der Waals surface area (Å²) in [5.41, 5.74) is 2.11. The second-order valence-corrected chi connectivity index (χ2v) is 8.46. The van der Waals surface area contributed by atoms with Crippen molar-refractivity contribution < 1.29 is 19.1 Å². The predicted octanol–water partition coefficient (Wildman–Crippen LogP) is 2.58. The maximum atomic E-state index is 12.5. The van der Waals surface area contributed by atoms with Crippen molar-refractivity contribution in [1.82, 2.24) is 15.2 Å². The first-order valence-corrected chi connectivity index (χ1v) is 11.0. The number of hydrogen-bond acceptors (Lipinski definition) is 6.